The molecule has 1 heterocycles. The van der Waals surface area contributed by atoms with Gasteiger partial charge in [0.25, 0.3) is 0 Å². The Kier molecular flexibility index (Phi) is 2.31. The van der Waals surface area contributed by atoms with Gasteiger partial charge in [-0.3, -0.25) is 0 Å². The first kappa shape index (κ1) is 9.70. The van der Waals surface area contributed by atoms with Crippen LogP contribution in [0.5, 0.6) is 0 Å². The minimum atomic E-state index is -0.270. The molecule has 1 saturated heterocycles. The van der Waals surface area contributed by atoms with E-state index in [1.165, 1.54) is 17.5 Å². The Hall–Kier alpha value is -1.51. The second kappa shape index (κ2) is 3.81. The smallest absolute Gasteiger partial charge is 0.407 e. The molecule has 0 saturated carbocycles. The highest BCUT2D eigenvalue weighted by atomic mass is 16.6. The number of alkyl carbamates (subject to hydrolysis) is 1. The number of hydrogen-bond donors (Lipinski definition) is 1. The maximum absolute atomic E-state index is 11.1. The van der Waals surface area contributed by atoms with Crippen molar-refractivity contribution in [2.24, 2.45) is 0 Å². The molecule has 2 aliphatic rings. The molecule has 1 aliphatic heterocycles. The summed E-state index contributed by atoms with van der Waals surface area (Å²) in [5, 5.41) is 2.90. The fourth-order valence-electron chi connectivity index (χ4n) is 2.83. The molecule has 1 aromatic rings. The predicted molar refractivity (Wildman–Crippen MR) is 60.4 cm³/mol. The van der Waals surface area contributed by atoms with E-state index in [4.69, 9.17) is 4.74 Å². The maximum Gasteiger partial charge on any atom is 0.407 e. The lowest BCUT2D eigenvalue weighted by atomic mass is 9.79. The highest BCUT2D eigenvalue weighted by Gasteiger charge is 2.33. The summed E-state index contributed by atoms with van der Waals surface area (Å²) < 4.78 is 4.98. The van der Waals surface area contributed by atoms with Crippen molar-refractivity contribution in [3.05, 3.63) is 35.4 Å². The van der Waals surface area contributed by atoms with E-state index in [1.807, 2.05) is 0 Å². The van der Waals surface area contributed by atoms with Gasteiger partial charge in [-0.15, -0.1) is 0 Å². The monoisotopic (exact) mass is 217 g/mol. The molecule has 3 nitrogen and oxygen atoms in total. The van der Waals surface area contributed by atoms with Gasteiger partial charge in [-0.1, -0.05) is 24.3 Å². The van der Waals surface area contributed by atoms with Gasteiger partial charge < -0.3 is 10.1 Å². The van der Waals surface area contributed by atoms with Crippen molar-refractivity contribution >= 4 is 6.09 Å². The normalized spacial score (nSPS) is 28.1. The van der Waals surface area contributed by atoms with Crippen molar-refractivity contribution in [1.29, 1.82) is 0 Å². The Balaban J connectivity index is 1.90. The lowest BCUT2D eigenvalue weighted by molar-refractivity contribution is 0.176. The van der Waals surface area contributed by atoms with Crippen LogP contribution in [0.4, 0.5) is 4.79 Å². The number of aryl methyl sites for hydroxylation is 1. The highest BCUT2D eigenvalue weighted by molar-refractivity contribution is 5.70. The number of benzene rings is 1. The minimum Gasteiger partial charge on any atom is -0.447 e. The first-order valence-electron chi connectivity index (χ1n) is 5.86. The third kappa shape index (κ3) is 1.56. The number of fused-ring (bicyclic) bond motifs is 1. The number of rotatable bonds is 1. The summed E-state index contributed by atoms with van der Waals surface area (Å²) in [5.41, 5.74) is 2.82. The number of amides is 1. The second-order valence-corrected chi connectivity index (χ2v) is 4.55. The highest BCUT2D eigenvalue weighted by Crippen LogP contribution is 2.34. The van der Waals surface area contributed by atoms with Crippen molar-refractivity contribution in [3.8, 4) is 0 Å². The Morgan fingerprint density at radius 3 is 3.00 bits per heavy atom. The van der Waals surface area contributed by atoms with Crippen LogP contribution < -0.4 is 5.32 Å². The molecule has 0 aromatic heterocycles. The third-order valence-electron chi connectivity index (χ3n) is 3.60. The van der Waals surface area contributed by atoms with Gasteiger partial charge in [-0.2, -0.15) is 0 Å². The molecule has 84 valence electrons. The summed E-state index contributed by atoms with van der Waals surface area (Å²) in [6.07, 6.45) is 3.24. The van der Waals surface area contributed by atoms with Crippen LogP contribution in [0.15, 0.2) is 24.3 Å². The zero-order chi connectivity index (χ0) is 11.0. The van der Waals surface area contributed by atoms with Crippen molar-refractivity contribution < 1.29 is 9.53 Å². The fraction of sp³-hybridized carbons (Fsp3) is 0.462. The molecule has 0 spiro atoms. The van der Waals surface area contributed by atoms with E-state index in [1.54, 1.807) is 0 Å². The van der Waals surface area contributed by atoms with Crippen LogP contribution in [-0.4, -0.2) is 18.7 Å². The van der Waals surface area contributed by atoms with E-state index >= 15 is 0 Å². The van der Waals surface area contributed by atoms with Crippen LogP contribution >= 0.6 is 0 Å². The number of carbonyl (C=O) groups is 1. The molecule has 0 bridgehead atoms. The van der Waals surface area contributed by atoms with E-state index in [0.29, 0.717) is 12.5 Å². The van der Waals surface area contributed by atoms with E-state index in [9.17, 15) is 4.79 Å². The second-order valence-electron chi connectivity index (χ2n) is 4.55. The van der Waals surface area contributed by atoms with Gasteiger partial charge in [0, 0.05) is 5.92 Å². The number of hydrogen-bond acceptors (Lipinski definition) is 2. The van der Waals surface area contributed by atoms with Gasteiger partial charge >= 0.3 is 6.09 Å². The summed E-state index contributed by atoms with van der Waals surface area (Å²) in [6, 6.07) is 8.71. The Morgan fingerprint density at radius 2 is 2.19 bits per heavy atom. The van der Waals surface area contributed by atoms with Crippen LogP contribution in [0, 0.1) is 0 Å². The van der Waals surface area contributed by atoms with Gasteiger partial charge in [0.2, 0.25) is 0 Å². The molecule has 0 radical (unpaired) electrons. The zero-order valence-electron chi connectivity index (χ0n) is 9.11. The van der Waals surface area contributed by atoms with Crippen LogP contribution in [0.25, 0.3) is 0 Å². The van der Waals surface area contributed by atoms with Crippen LogP contribution in [0.1, 0.15) is 29.9 Å². The lowest BCUT2D eigenvalue weighted by Crippen LogP contribution is -2.34. The third-order valence-corrected chi connectivity index (χ3v) is 3.60. The average molecular weight is 217 g/mol. The van der Waals surface area contributed by atoms with Crippen molar-refractivity contribution in [3.63, 3.8) is 0 Å². The maximum atomic E-state index is 11.1. The molecule has 1 aromatic carbocycles. The van der Waals surface area contributed by atoms with E-state index in [2.05, 4.69) is 29.6 Å². The van der Waals surface area contributed by atoms with Crippen LogP contribution in [0.3, 0.4) is 0 Å². The Morgan fingerprint density at radius 1 is 1.31 bits per heavy atom. The Labute approximate surface area is 94.8 Å². The molecule has 1 amide bonds. The molecule has 1 N–H and O–H groups in total. The molecule has 16 heavy (non-hydrogen) atoms. The Bertz CT molecular complexity index is 416. The molecule has 2 unspecified atom stereocenters. The minimum absolute atomic E-state index is 0.161. The topological polar surface area (TPSA) is 38.3 Å². The van der Waals surface area contributed by atoms with Crippen molar-refractivity contribution in [2.75, 3.05) is 6.61 Å². The average Bonchev–Trinajstić information content (AvgIpc) is 2.75. The summed E-state index contributed by atoms with van der Waals surface area (Å²) in [6.45, 7) is 0.512. The molecular formula is C13H15NO2. The summed E-state index contributed by atoms with van der Waals surface area (Å²) in [5.74, 6) is 0.427. The molecule has 2 atom stereocenters. The standard InChI is InChI=1S/C13H15NO2/c15-13-14-12(8-16-13)11-7-3-5-9-4-1-2-6-10(9)11/h1-2,4,6,11-12H,3,5,7-8H2,(H,14,15). The van der Waals surface area contributed by atoms with Gasteiger partial charge in [0.05, 0.1) is 6.04 Å². The van der Waals surface area contributed by atoms with Crippen LogP contribution in [-0.2, 0) is 11.2 Å². The van der Waals surface area contributed by atoms with Crippen molar-refractivity contribution in [2.45, 2.75) is 31.2 Å². The van der Waals surface area contributed by atoms with E-state index in [-0.39, 0.29) is 12.1 Å². The fourth-order valence-corrected chi connectivity index (χ4v) is 2.83. The van der Waals surface area contributed by atoms with Gasteiger partial charge in [-0.05, 0) is 30.4 Å². The lowest BCUT2D eigenvalue weighted by Gasteiger charge is -2.28. The van der Waals surface area contributed by atoms with Crippen molar-refractivity contribution in [1.82, 2.24) is 5.32 Å². The predicted octanol–water partition coefficient (Wildman–Crippen LogP) is 2.21. The van der Waals surface area contributed by atoms with Gasteiger partial charge in [0.1, 0.15) is 6.61 Å². The zero-order valence-corrected chi connectivity index (χ0v) is 9.11. The summed E-state index contributed by atoms with van der Waals surface area (Å²) in [4.78, 5) is 11.1. The first-order valence-corrected chi connectivity index (χ1v) is 5.86. The molecule has 1 aliphatic carbocycles. The molecule has 3 rings (SSSR count). The number of cyclic esters (lactones) is 1. The van der Waals surface area contributed by atoms with E-state index in [0.717, 1.165) is 12.8 Å². The largest absolute Gasteiger partial charge is 0.447 e. The molecule has 3 heteroatoms. The first-order chi connectivity index (χ1) is 7.84. The summed E-state index contributed by atoms with van der Waals surface area (Å²) in [7, 11) is 0. The van der Waals surface area contributed by atoms with E-state index < -0.39 is 0 Å². The van der Waals surface area contributed by atoms with Crippen LogP contribution in [0.2, 0.25) is 0 Å². The quantitative estimate of drug-likeness (QED) is 0.783. The molecular weight excluding hydrogens is 202 g/mol. The summed E-state index contributed by atoms with van der Waals surface area (Å²) >= 11 is 0. The van der Waals surface area contributed by atoms with Gasteiger partial charge in [-0.25, -0.2) is 4.79 Å². The number of ether oxygens (including phenoxy) is 1. The number of nitrogens with one attached hydrogen (secondary N) is 1. The van der Waals surface area contributed by atoms with Gasteiger partial charge in [0.15, 0.2) is 0 Å². The SMILES string of the molecule is O=C1NC(C2CCCc3ccccc32)CO1. The molecule has 1 fully saturated rings. The number of carbonyl (C=O) groups excluding carboxylic acids is 1.